The molecule has 2 aliphatic heterocycles. The van der Waals surface area contributed by atoms with Crippen LogP contribution in [-0.4, -0.2) is 35.0 Å². The maximum absolute atomic E-state index is 12.0. The van der Waals surface area contributed by atoms with Crippen LogP contribution in [0, 0.1) is 5.92 Å². The molecule has 2 rings (SSSR count). The van der Waals surface area contributed by atoms with Crippen molar-refractivity contribution in [2.24, 2.45) is 5.92 Å². The van der Waals surface area contributed by atoms with E-state index in [0.29, 0.717) is 5.25 Å². The van der Waals surface area contributed by atoms with E-state index in [4.69, 9.17) is 0 Å². The number of hydrogen-bond donors (Lipinski definition) is 2. The van der Waals surface area contributed by atoms with Crippen molar-refractivity contribution in [3.63, 3.8) is 0 Å². The smallest absolute Gasteiger partial charge is 0.237 e. The minimum absolute atomic E-state index is 0.0195. The van der Waals surface area contributed by atoms with Gasteiger partial charge in [-0.05, 0) is 51.8 Å². The summed E-state index contributed by atoms with van der Waals surface area (Å²) in [7, 11) is 0. The zero-order valence-corrected chi connectivity index (χ0v) is 11.2. The van der Waals surface area contributed by atoms with Gasteiger partial charge in [-0.25, -0.2) is 0 Å². The second-order valence-electron chi connectivity index (χ2n) is 5.89. The van der Waals surface area contributed by atoms with Crippen molar-refractivity contribution in [1.29, 1.82) is 0 Å². The van der Waals surface area contributed by atoms with Crippen LogP contribution in [0.25, 0.3) is 0 Å². The number of hydrogen-bond acceptors (Lipinski definition) is 3. The molecule has 2 fully saturated rings. The summed E-state index contributed by atoms with van der Waals surface area (Å²) in [5, 5.41) is 7.15. The summed E-state index contributed by atoms with van der Waals surface area (Å²) >= 11 is 2.05. The van der Waals surface area contributed by atoms with E-state index in [0.717, 1.165) is 18.9 Å². The van der Waals surface area contributed by atoms with Gasteiger partial charge in [-0.3, -0.25) is 4.79 Å². The summed E-state index contributed by atoms with van der Waals surface area (Å²) in [6, 6.07) is 0.0195. The van der Waals surface area contributed by atoms with E-state index < -0.39 is 0 Å². The highest BCUT2D eigenvalue weighted by atomic mass is 32.2. The number of carbonyl (C=O) groups is 1. The quantitative estimate of drug-likeness (QED) is 0.730. The number of amides is 1. The fourth-order valence-electron chi connectivity index (χ4n) is 2.45. The number of fused-ring (bicyclic) bond motifs is 1. The van der Waals surface area contributed by atoms with Crippen molar-refractivity contribution < 1.29 is 4.79 Å². The molecule has 0 aromatic carbocycles. The van der Waals surface area contributed by atoms with Crippen LogP contribution < -0.4 is 10.6 Å². The Hall–Kier alpha value is -0.220. The van der Waals surface area contributed by atoms with Crippen LogP contribution in [0.3, 0.4) is 0 Å². The zero-order chi connectivity index (χ0) is 11.8. The molecular formula is C12H22N2OS. The lowest BCUT2D eigenvalue weighted by Crippen LogP contribution is -2.55. The zero-order valence-electron chi connectivity index (χ0n) is 10.4. The molecule has 0 aromatic heterocycles. The van der Waals surface area contributed by atoms with Crippen molar-refractivity contribution >= 4 is 17.7 Å². The van der Waals surface area contributed by atoms with Gasteiger partial charge < -0.3 is 10.6 Å². The van der Waals surface area contributed by atoms with Crippen LogP contribution in [0.15, 0.2) is 0 Å². The van der Waals surface area contributed by atoms with Crippen molar-refractivity contribution in [3.05, 3.63) is 0 Å². The molecule has 2 heterocycles. The summed E-state index contributed by atoms with van der Waals surface area (Å²) < 4.78 is 0. The van der Waals surface area contributed by atoms with Gasteiger partial charge in [0.2, 0.25) is 5.91 Å². The van der Waals surface area contributed by atoms with Gasteiger partial charge in [0.05, 0.1) is 6.04 Å². The lowest BCUT2D eigenvalue weighted by Gasteiger charge is -2.33. The molecule has 0 aliphatic carbocycles. The lowest BCUT2D eigenvalue weighted by molar-refractivity contribution is -0.125. The molecule has 0 radical (unpaired) electrons. The van der Waals surface area contributed by atoms with Gasteiger partial charge in [-0.2, -0.15) is 11.8 Å². The lowest BCUT2D eigenvalue weighted by atomic mass is 9.92. The van der Waals surface area contributed by atoms with Crippen LogP contribution in [0.1, 0.15) is 33.6 Å². The molecule has 92 valence electrons. The Morgan fingerprint density at radius 3 is 2.88 bits per heavy atom. The van der Waals surface area contributed by atoms with E-state index >= 15 is 0 Å². The topological polar surface area (TPSA) is 41.1 Å². The molecule has 3 unspecified atom stereocenters. The van der Waals surface area contributed by atoms with Crippen molar-refractivity contribution in [3.8, 4) is 0 Å². The molecule has 0 spiro atoms. The van der Waals surface area contributed by atoms with E-state index in [1.54, 1.807) is 0 Å². The van der Waals surface area contributed by atoms with E-state index in [9.17, 15) is 4.79 Å². The third-order valence-electron chi connectivity index (χ3n) is 3.26. The third-order valence-corrected chi connectivity index (χ3v) is 4.73. The van der Waals surface area contributed by atoms with Crippen molar-refractivity contribution in [2.45, 2.75) is 50.4 Å². The van der Waals surface area contributed by atoms with Crippen LogP contribution in [0.4, 0.5) is 0 Å². The monoisotopic (exact) mass is 242 g/mol. The average Bonchev–Trinajstić information content (AvgIpc) is 2.61. The minimum atomic E-state index is -0.127. The highest BCUT2D eigenvalue weighted by Gasteiger charge is 2.37. The van der Waals surface area contributed by atoms with E-state index in [1.807, 2.05) is 32.5 Å². The Balaban J connectivity index is 1.89. The highest BCUT2D eigenvalue weighted by molar-refractivity contribution is 8.00. The maximum atomic E-state index is 12.0. The Morgan fingerprint density at radius 1 is 1.44 bits per heavy atom. The summed E-state index contributed by atoms with van der Waals surface area (Å²) in [6.07, 6.45) is 2.31. The Labute approximate surface area is 102 Å². The number of carbonyl (C=O) groups excluding carboxylic acids is 1. The van der Waals surface area contributed by atoms with Gasteiger partial charge >= 0.3 is 0 Å². The normalized spacial score (nSPS) is 34.6. The van der Waals surface area contributed by atoms with Crippen molar-refractivity contribution in [2.75, 3.05) is 12.3 Å². The summed E-state index contributed by atoms with van der Waals surface area (Å²) in [4.78, 5) is 12.0. The van der Waals surface area contributed by atoms with Crippen LogP contribution in [-0.2, 0) is 4.79 Å². The summed E-state index contributed by atoms with van der Waals surface area (Å²) in [5.41, 5.74) is -0.127. The molecule has 2 N–H and O–H groups in total. The minimum Gasteiger partial charge on any atom is -0.350 e. The molecule has 3 atom stereocenters. The van der Waals surface area contributed by atoms with E-state index in [-0.39, 0.29) is 17.5 Å². The fraction of sp³-hybridized carbons (Fsp3) is 0.917. The standard InChI is InChI=1S/C12H22N2OS/c1-12(2,3)14-11(15)9-6-10-8(7-13-9)4-5-16-10/h8-10,13H,4-7H2,1-3H3,(H,14,15). The number of piperidine rings is 1. The Bertz CT molecular complexity index is 275. The highest BCUT2D eigenvalue weighted by Crippen LogP contribution is 2.37. The maximum Gasteiger partial charge on any atom is 0.237 e. The predicted octanol–water partition coefficient (Wildman–Crippen LogP) is 1.38. The van der Waals surface area contributed by atoms with E-state index in [1.165, 1.54) is 12.2 Å². The molecule has 2 aliphatic rings. The number of thioether (sulfide) groups is 1. The molecule has 3 nitrogen and oxygen atoms in total. The van der Waals surface area contributed by atoms with Gasteiger partial charge in [0.1, 0.15) is 0 Å². The fourth-order valence-corrected chi connectivity index (χ4v) is 4.03. The molecule has 2 saturated heterocycles. The van der Waals surface area contributed by atoms with Crippen LogP contribution >= 0.6 is 11.8 Å². The summed E-state index contributed by atoms with van der Waals surface area (Å²) in [6.45, 7) is 7.10. The molecule has 0 aromatic rings. The van der Waals surface area contributed by atoms with Gasteiger partial charge in [0.25, 0.3) is 0 Å². The molecule has 1 amide bonds. The molecule has 4 heteroatoms. The van der Waals surface area contributed by atoms with E-state index in [2.05, 4.69) is 10.6 Å². The number of nitrogens with one attached hydrogen (secondary N) is 2. The first kappa shape index (κ1) is 12.2. The van der Waals surface area contributed by atoms with Gasteiger partial charge in [-0.15, -0.1) is 0 Å². The second kappa shape index (κ2) is 4.57. The number of rotatable bonds is 1. The largest absolute Gasteiger partial charge is 0.350 e. The molecule has 0 bridgehead atoms. The SMILES string of the molecule is CC(C)(C)NC(=O)C1CC2SCCC2CN1. The second-order valence-corrected chi connectivity index (χ2v) is 7.24. The first-order chi connectivity index (χ1) is 7.46. The first-order valence-electron chi connectivity index (χ1n) is 6.13. The first-order valence-corrected chi connectivity index (χ1v) is 7.17. The average molecular weight is 242 g/mol. The predicted molar refractivity (Wildman–Crippen MR) is 68.7 cm³/mol. The van der Waals surface area contributed by atoms with Gasteiger partial charge in [-0.1, -0.05) is 0 Å². The molecular weight excluding hydrogens is 220 g/mol. The molecule has 0 saturated carbocycles. The summed E-state index contributed by atoms with van der Waals surface area (Å²) in [5.74, 6) is 2.23. The Kier molecular flexibility index (Phi) is 3.50. The van der Waals surface area contributed by atoms with Crippen molar-refractivity contribution in [1.82, 2.24) is 10.6 Å². The van der Waals surface area contributed by atoms with Crippen LogP contribution in [0.2, 0.25) is 0 Å². The molecule has 16 heavy (non-hydrogen) atoms. The van der Waals surface area contributed by atoms with Crippen LogP contribution in [0.5, 0.6) is 0 Å². The Morgan fingerprint density at radius 2 is 2.19 bits per heavy atom. The third kappa shape index (κ3) is 2.92. The van der Waals surface area contributed by atoms with Gasteiger partial charge in [0.15, 0.2) is 0 Å². The van der Waals surface area contributed by atoms with Gasteiger partial charge in [0, 0.05) is 10.8 Å².